The molecule has 1 aromatic rings. The van der Waals surface area contributed by atoms with Gasteiger partial charge in [-0.2, -0.15) is 0 Å². The Morgan fingerprint density at radius 3 is 2.81 bits per heavy atom. The first kappa shape index (κ1) is 17.5. The zero-order chi connectivity index (χ0) is 15.8. The highest BCUT2D eigenvalue weighted by Gasteiger charge is 2.11. The van der Waals surface area contributed by atoms with Crippen molar-refractivity contribution >= 4 is 28.1 Å². The minimum Gasteiger partial charge on any atom is -0.495 e. The number of anilines is 2. The first-order valence-corrected chi connectivity index (χ1v) is 8.46. The highest BCUT2D eigenvalue weighted by Crippen LogP contribution is 2.26. The third-order valence-corrected chi connectivity index (χ3v) is 5.19. The number of nitrogen functional groups attached to an aromatic ring is 1. The second-order valence-electron chi connectivity index (χ2n) is 4.92. The molecule has 0 saturated carbocycles. The van der Waals surface area contributed by atoms with E-state index in [9.17, 15) is 9.00 Å². The summed E-state index contributed by atoms with van der Waals surface area (Å²) in [6.45, 7) is 3.98. The van der Waals surface area contributed by atoms with Gasteiger partial charge in [0.1, 0.15) is 5.75 Å². The minimum atomic E-state index is -0.862. The number of carbonyl (C=O) groups is 1. The molecule has 118 valence electrons. The van der Waals surface area contributed by atoms with Gasteiger partial charge in [0.25, 0.3) is 0 Å². The lowest BCUT2D eigenvalue weighted by atomic mass is 10.2. The van der Waals surface area contributed by atoms with Crippen molar-refractivity contribution in [1.29, 1.82) is 0 Å². The van der Waals surface area contributed by atoms with Crippen molar-refractivity contribution in [3.05, 3.63) is 18.2 Å². The molecule has 0 fully saturated rings. The summed E-state index contributed by atoms with van der Waals surface area (Å²) in [5.41, 5.74) is 6.82. The quantitative estimate of drug-likeness (QED) is 0.723. The molecule has 0 aliphatic carbocycles. The summed E-state index contributed by atoms with van der Waals surface area (Å²) in [5, 5.41) is 2.96. The number of carbonyl (C=O) groups excluding carboxylic acids is 1. The van der Waals surface area contributed by atoms with E-state index in [-0.39, 0.29) is 11.2 Å². The largest absolute Gasteiger partial charge is 0.495 e. The molecular weight excluding hydrogens is 288 g/mol. The first-order chi connectivity index (χ1) is 9.97. The van der Waals surface area contributed by atoms with Crippen molar-refractivity contribution in [2.24, 2.45) is 0 Å². The van der Waals surface area contributed by atoms with Crippen molar-refractivity contribution in [3.63, 3.8) is 0 Å². The van der Waals surface area contributed by atoms with E-state index in [0.29, 0.717) is 35.7 Å². The van der Waals surface area contributed by atoms with Crippen LogP contribution in [0, 0.1) is 0 Å². The average molecular weight is 312 g/mol. The highest BCUT2D eigenvalue weighted by atomic mass is 32.2. The van der Waals surface area contributed by atoms with E-state index in [1.807, 2.05) is 13.8 Å². The maximum absolute atomic E-state index is 11.9. The fourth-order valence-electron chi connectivity index (χ4n) is 1.80. The van der Waals surface area contributed by atoms with Crippen LogP contribution in [0.3, 0.4) is 0 Å². The third-order valence-electron chi connectivity index (χ3n) is 3.27. The fourth-order valence-corrected chi connectivity index (χ4v) is 3.00. The number of benzene rings is 1. The fraction of sp³-hybridized carbons (Fsp3) is 0.533. The van der Waals surface area contributed by atoms with E-state index in [1.165, 1.54) is 7.11 Å². The van der Waals surface area contributed by atoms with Gasteiger partial charge in [0, 0.05) is 33.9 Å². The lowest BCUT2D eigenvalue weighted by molar-refractivity contribution is -0.116. The Hall–Kier alpha value is -1.56. The van der Waals surface area contributed by atoms with Crippen molar-refractivity contribution in [2.45, 2.75) is 38.4 Å². The van der Waals surface area contributed by atoms with Crippen LogP contribution < -0.4 is 15.8 Å². The predicted octanol–water partition coefficient (Wildman–Crippen LogP) is 2.54. The number of hydrogen-bond acceptors (Lipinski definition) is 4. The Morgan fingerprint density at radius 2 is 2.19 bits per heavy atom. The molecule has 0 bridgehead atoms. The predicted molar refractivity (Wildman–Crippen MR) is 88.0 cm³/mol. The second kappa shape index (κ2) is 8.67. The molecular formula is C15H24N2O3S. The zero-order valence-corrected chi connectivity index (χ0v) is 13.7. The van der Waals surface area contributed by atoms with Gasteiger partial charge in [0.05, 0.1) is 12.8 Å². The summed E-state index contributed by atoms with van der Waals surface area (Å²) in [4.78, 5) is 11.9. The van der Waals surface area contributed by atoms with E-state index < -0.39 is 10.8 Å². The lowest BCUT2D eigenvalue weighted by Gasteiger charge is -2.11. The molecule has 2 atom stereocenters. The van der Waals surface area contributed by atoms with Crippen LogP contribution in [0.4, 0.5) is 11.4 Å². The lowest BCUT2D eigenvalue weighted by Crippen LogP contribution is -2.16. The summed E-state index contributed by atoms with van der Waals surface area (Å²) in [6.07, 6.45) is 1.83. The maximum atomic E-state index is 11.9. The number of rotatable bonds is 8. The molecule has 1 amide bonds. The molecule has 0 aliphatic rings. The Labute approximate surface area is 128 Å². The number of hydrogen-bond donors (Lipinski definition) is 2. The van der Waals surface area contributed by atoms with Gasteiger partial charge >= 0.3 is 0 Å². The summed E-state index contributed by atoms with van der Waals surface area (Å²) in [7, 11) is 0.676. The van der Waals surface area contributed by atoms with Crippen molar-refractivity contribution in [1.82, 2.24) is 0 Å². The van der Waals surface area contributed by atoms with Crippen LogP contribution in [0.15, 0.2) is 18.2 Å². The van der Waals surface area contributed by atoms with Crippen LogP contribution in [0.2, 0.25) is 0 Å². The van der Waals surface area contributed by atoms with E-state index in [1.54, 1.807) is 18.2 Å². The molecule has 21 heavy (non-hydrogen) atoms. The van der Waals surface area contributed by atoms with E-state index in [0.717, 1.165) is 6.42 Å². The Kier molecular flexibility index (Phi) is 7.22. The Balaban J connectivity index is 2.47. The van der Waals surface area contributed by atoms with Crippen LogP contribution in [-0.2, 0) is 15.6 Å². The summed E-state index contributed by atoms with van der Waals surface area (Å²) < 4.78 is 17.0. The molecule has 0 saturated heterocycles. The summed E-state index contributed by atoms with van der Waals surface area (Å²) in [6, 6.07) is 5.08. The van der Waals surface area contributed by atoms with Crippen LogP contribution >= 0.6 is 0 Å². The minimum absolute atomic E-state index is 0.125. The van der Waals surface area contributed by atoms with Gasteiger partial charge in [-0.05, 0) is 31.0 Å². The summed E-state index contributed by atoms with van der Waals surface area (Å²) >= 11 is 0. The molecule has 2 unspecified atom stereocenters. The monoisotopic (exact) mass is 312 g/mol. The van der Waals surface area contributed by atoms with Gasteiger partial charge in [-0.25, -0.2) is 0 Å². The standard InChI is InChI=1S/C15H24N2O3S/c1-4-11(2)21(19)9-5-6-15(18)17-13-10-12(16)7-8-14(13)20-3/h7-8,10-11H,4-6,9,16H2,1-3H3,(H,17,18). The molecule has 0 radical (unpaired) electrons. The van der Waals surface area contributed by atoms with Gasteiger partial charge in [0.15, 0.2) is 0 Å². The number of methoxy groups -OCH3 is 1. The number of ether oxygens (including phenoxy) is 1. The number of nitrogens with two attached hydrogens (primary N) is 1. The SMILES string of the molecule is CCC(C)S(=O)CCCC(=O)Nc1cc(N)ccc1OC. The smallest absolute Gasteiger partial charge is 0.224 e. The van der Waals surface area contributed by atoms with Crippen molar-refractivity contribution in [3.8, 4) is 5.75 Å². The van der Waals surface area contributed by atoms with Gasteiger partial charge in [-0.1, -0.05) is 13.8 Å². The summed E-state index contributed by atoms with van der Waals surface area (Å²) in [5.74, 6) is 0.997. The Morgan fingerprint density at radius 1 is 1.48 bits per heavy atom. The van der Waals surface area contributed by atoms with Gasteiger partial charge in [0.2, 0.25) is 5.91 Å². The zero-order valence-electron chi connectivity index (χ0n) is 12.8. The third kappa shape index (κ3) is 5.75. The molecule has 1 aromatic carbocycles. The molecule has 3 N–H and O–H groups in total. The number of nitrogens with one attached hydrogen (secondary N) is 1. The van der Waals surface area contributed by atoms with Crippen molar-refractivity contribution < 1.29 is 13.7 Å². The van der Waals surface area contributed by atoms with Crippen LogP contribution in [0.5, 0.6) is 5.75 Å². The van der Waals surface area contributed by atoms with E-state index in [4.69, 9.17) is 10.5 Å². The molecule has 0 heterocycles. The van der Waals surface area contributed by atoms with Crippen LogP contribution in [0.25, 0.3) is 0 Å². The Bertz CT molecular complexity index is 506. The molecule has 1 rings (SSSR count). The molecule has 0 aromatic heterocycles. The van der Waals surface area contributed by atoms with Gasteiger partial charge in [-0.3, -0.25) is 9.00 Å². The van der Waals surface area contributed by atoms with Gasteiger partial charge < -0.3 is 15.8 Å². The van der Waals surface area contributed by atoms with Crippen LogP contribution in [0.1, 0.15) is 33.1 Å². The van der Waals surface area contributed by atoms with Crippen LogP contribution in [-0.4, -0.2) is 28.2 Å². The van der Waals surface area contributed by atoms with E-state index >= 15 is 0 Å². The first-order valence-electron chi connectivity index (χ1n) is 7.08. The van der Waals surface area contributed by atoms with Gasteiger partial charge in [-0.15, -0.1) is 0 Å². The number of amides is 1. The normalized spacial score (nSPS) is 13.5. The highest BCUT2D eigenvalue weighted by molar-refractivity contribution is 7.85. The average Bonchev–Trinajstić information content (AvgIpc) is 2.46. The topological polar surface area (TPSA) is 81.4 Å². The van der Waals surface area contributed by atoms with Crippen molar-refractivity contribution in [2.75, 3.05) is 23.9 Å². The molecule has 6 heteroatoms. The molecule has 0 spiro atoms. The molecule has 0 aliphatic heterocycles. The second-order valence-corrected chi connectivity index (χ2v) is 6.89. The maximum Gasteiger partial charge on any atom is 0.224 e. The molecule has 5 nitrogen and oxygen atoms in total. The van der Waals surface area contributed by atoms with E-state index in [2.05, 4.69) is 5.32 Å².